The predicted molar refractivity (Wildman–Crippen MR) is 55.3 cm³/mol. The highest BCUT2D eigenvalue weighted by Crippen LogP contribution is 2.24. The van der Waals surface area contributed by atoms with Gasteiger partial charge in [-0.15, -0.1) is 0 Å². The van der Waals surface area contributed by atoms with Crippen LogP contribution in [0.5, 0.6) is 5.75 Å². The van der Waals surface area contributed by atoms with E-state index in [1.165, 1.54) is 0 Å². The highest BCUT2D eigenvalue weighted by molar-refractivity contribution is 7.90. The summed E-state index contributed by atoms with van der Waals surface area (Å²) in [6.45, 7) is 2.16. The van der Waals surface area contributed by atoms with E-state index >= 15 is 0 Å². The van der Waals surface area contributed by atoms with E-state index in [9.17, 15) is 17.2 Å². The minimum absolute atomic E-state index is 0.00995. The van der Waals surface area contributed by atoms with Gasteiger partial charge < -0.3 is 4.74 Å². The van der Waals surface area contributed by atoms with Crippen molar-refractivity contribution in [3.8, 4) is 5.75 Å². The Bertz CT molecular complexity index is 460. The molecule has 0 bridgehead atoms. The predicted octanol–water partition coefficient (Wildman–Crippen LogP) is 2.16. The van der Waals surface area contributed by atoms with Crippen LogP contribution in [0.2, 0.25) is 0 Å². The van der Waals surface area contributed by atoms with Crippen LogP contribution in [0.3, 0.4) is 0 Å². The largest absolute Gasteiger partial charge is 0.493 e. The maximum absolute atomic E-state index is 13.3. The quantitative estimate of drug-likeness (QED) is 0.822. The molecule has 0 aliphatic rings. The van der Waals surface area contributed by atoms with Crippen molar-refractivity contribution in [1.29, 1.82) is 0 Å². The fourth-order valence-corrected chi connectivity index (χ4v) is 2.02. The third-order valence-electron chi connectivity index (χ3n) is 1.82. The van der Waals surface area contributed by atoms with Crippen LogP contribution in [0, 0.1) is 11.6 Å². The first kappa shape index (κ1) is 12.9. The van der Waals surface area contributed by atoms with E-state index in [-0.39, 0.29) is 5.75 Å². The minimum Gasteiger partial charge on any atom is -0.493 e. The van der Waals surface area contributed by atoms with Gasteiger partial charge in [-0.3, -0.25) is 0 Å². The van der Waals surface area contributed by atoms with Gasteiger partial charge in [0.05, 0.1) is 6.61 Å². The molecule has 0 aromatic heterocycles. The first-order valence-corrected chi connectivity index (χ1v) is 6.57. The van der Waals surface area contributed by atoms with Gasteiger partial charge in [-0.2, -0.15) is 0 Å². The zero-order chi connectivity index (χ0) is 12.3. The molecule has 16 heavy (non-hydrogen) atoms. The van der Waals surface area contributed by atoms with Crippen molar-refractivity contribution >= 4 is 9.84 Å². The second-order valence-corrected chi connectivity index (χ2v) is 5.29. The lowest BCUT2D eigenvalue weighted by Gasteiger charge is -2.07. The number of benzene rings is 1. The third kappa shape index (κ3) is 2.91. The van der Waals surface area contributed by atoms with Gasteiger partial charge in [0.15, 0.2) is 9.84 Å². The molecule has 0 aliphatic heterocycles. The van der Waals surface area contributed by atoms with Crippen LogP contribution in [0.1, 0.15) is 13.3 Å². The summed E-state index contributed by atoms with van der Waals surface area (Å²) in [6.07, 6.45) is 1.44. The summed E-state index contributed by atoms with van der Waals surface area (Å²) in [6, 6.07) is 1.74. The van der Waals surface area contributed by atoms with Crippen molar-refractivity contribution in [2.24, 2.45) is 0 Å². The smallest absolute Gasteiger partial charge is 0.181 e. The van der Waals surface area contributed by atoms with Crippen molar-refractivity contribution in [3.63, 3.8) is 0 Å². The van der Waals surface area contributed by atoms with Crippen LogP contribution in [0.25, 0.3) is 0 Å². The molecular weight excluding hydrogens is 238 g/mol. The van der Waals surface area contributed by atoms with Crippen LogP contribution in [0.15, 0.2) is 17.0 Å². The molecule has 0 saturated heterocycles. The maximum Gasteiger partial charge on any atom is 0.181 e. The lowest BCUT2D eigenvalue weighted by Crippen LogP contribution is -2.06. The Morgan fingerprint density at radius 2 is 1.75 bits per heavy atom. The van der Waals surface area contributed by atoms with Gasteiger partial charge in [-0.25, -0.2) is 17.2 Å². The molecule has 90 valence electrons. The fraction of sp³-hybridized carbons (Fsp3) is 0.400. The normalized spacial score (nSPS) is 11.5. The highest BCUT2D eigenvalue weighted by Gasteiger charge is 2.20. The molecule has 0 unspecified atom stereocenters. The Balaban J connectivity index is 3.18. The average Bonchev–Trinajstić information content (AvgIpc) is 2.11. The Labute approximate surface area is 93.0 Å². The van der Waals surface area contributed by atoms with Crippen molar-refractivity contribution in [2.45, 2.75) is 18.2 Å². The van der Waals surface area contributed by atoms with Gasteiger partial charge in [-0.05, 0) is 6.42 Å². The summed E-state index contributed by atoms with van der Waals surface area (Å²) in [4.78, 5) is -0.920. The molecule has 0 saturated carbocycles. The number of hydrogen-bond acceptors (Lipinski definition) is 3. The first-order valence-electron chi connectivity index (χ1n) is 4.68. The van der Waals surface area contributed by atoms with Gasteiger partial charge in [-0.1, -0.05) is 6.92 Å². The van der Waals surface area contributed by atoms with Crippen molar-refractivity contribution in [1.82, 2.24) is 0 Å². The van der Waals surface area contributed by atoms with Gasteiger partial charge in [0, 0.05) is 18.4 Å². The Morgan fingerprint density at radius 1 is 1.25 bits per heavy atom. The van der Waals surface area contributed by atoms with Crippen LogP contribution in [-0.4, -0.2) is 21.3 Å². The maximum atomic E-state index is 13.3. The van der Waals surface area contributed by atoms with Crippen molar-refractivity contribution < 1.29 is 21.9 Å². The zero-order valence-corrected chi connectivity index (χ0v) is 9.77. The Hall–Kier alpha value is -1.17. The number of ether oxygens (including phenoxy) is 1. The Kier molecular flexibility index (Phi) is 3.85. The molecule has 0 fully saturated rings. The van der Waals surface area contributed by atoms with E-state index in [0.29, 0.717) is 13.0 Å². The summed E-state index contributed by atoms with van der Waals surface area (Å²) in [5.41, 5.74) is 0. The molecular formula is C10H12F2O3S. The molecule has 6 heteroatoms. The van der Waals surface area contributed by atoms with E-state index in [1.54, 1.807) is 0 Å². The van der Waals surface area contributed by atoms with Crippen LogP contribution >= 0.6 is 0 Å². The molecule has 0 spiro atoms. The molecule has 0 N–H and O–H groups in total. The zero-order valence-electron chi connectivity index (χ0n) is 8.96. The van der Waals surface area contributed by atoms with Crippen molar-refractivity contribution in [2.75, 3.05) is 12.9 Å². The van der Waals surface area contributed by atoms with Crippen molar-refractivity contribution in [3.05, 3.63) is 23.8 Å². The summed E-state index contributed by atoms with van der Waals surface area (Å²) in [7, 11) is -3.91. The molecule has 1 aromatic carbocycles. The van der Waals surface area contributed by atoms with E-state index in [4.69, 9.17) is 4.74 Å². The van der Waals surface area contributed by atoms with E-state index in [2.05, 4.69) is 0 Å². The van der Waals surface area contributed by atoms with Gasteiger partial charge in [0.2, 0.25) is 0 Å². The summed E-state index contributed by atoms with van der Waals surface area (Å²) < 4.78 is 53.8. The number of hydrogen-bond donors (Lipinski definition) is 0. The van der Waals surface area contributed by atoms with Gasteiger partial charge in [0.1, 0.15) is 22.3 Å². The Morgan fingerprint density at radius 3 is 2.12 bits per heavy atom. The molecule has 0 heterocycles. The molecule has 0 radical (unpaired) electrons. The fourth-order valence-electron chi connectivity index (χ4n) is 1.19. The van der Waals surface area contributed by atoms with Crippen LogP contribution < -0.4 is 4.74 Å². The lowest BCUT2D eigenvalue weighted by molar-refractivity contribution is 0.312. The summed E-state index contributed by atoms with van der Waals surface area (Å²) in [5.74, 6) is -2.27. The summed E-state index contributed by atoms with van der Waals surface area (Å²) in [5, 5.41) is 0. The molecule has 1 rings (SSSR count). The number of sulfone groups is 1. The van der Waals surface area contributed by atoms with E-state index in [1.807, 2.05) is 6.92 Å². The van der Waals surface area contributed by atoms with Crippen LogP contribution in [-0.2, 0) is 9.84 Å². The standard InChI is InChI=1S/C10H12F2O3S/c1-3-4-15-7-5-8(11)10(9(12)6-7)16(2,13)14/h5-6H,3-4H2,1-2H3. The van der Waals surface area contributed by atoms with Crippen LogP contribution in [0.4, 0.5) is 8.78 Å². The molecule has 0 amide bonds. The minimum atomic E-state index is -3.91. The number of rotatable bonds is 4. The molecule has 3 nitrogen and oxygen atoms in total. The number of halogens is 2. The SMILES string of the molecule is CCCOc1cc(F)c(S(C)(=O)=O)c(F)c1. The third-order valence-corrected chi connectivity index (χ3v) is 2.95. The summed E-state index contributed by atoms with van der Waals surface area (Å²) >= 11 is 0. The van der Waals surface area contributed by atoms with Gasteiger partial charge in [0.25, 0.3) is 0 Å². The second-order valence-electron chi connectivity index (χ2n) is 3.34. The second kappa shape index (κ2) is 4.78. The topological polar surface area (TPSA) is 43.4 Å². The average molecular weight is 250 g/mol. The first-order chi connectivity index (χ1) is 7.36. The van der Waals surface area contributed by atoms with Gasteiger partial charge >= 0.3 is 0 Å². The molecule has 0 aliphatic carbocycles. The highest BCUT2D eigenvalue weighted by atomic mass is 32.2. The molecule has 0 atom stereocenters. The molecule has 1 aromatic rings. The van der Waals surface area contributed by atoms with E-state index < -0.39 is 26.4 Å². The lowest BCUT2D eigenvalue weighted by atomic mass is 10.3. The monoisotopic (exact) mass is 250 g/mol. The van der Waals surface area contributed by atoms with E-state index in [0.717, 1.165) is 18.4 Å².